The van der Waals surface area contributed by atoms with E-state index in [1.807, 2.05) is 27.7 Å². The zero-order chi connectivity index (χ0) is 38.3. The van der Waals surface area contributed by atoms with Gasteiger partial charge in [-0.25, -0.2) is 4.98 Å². The summed E-state index contributed by atoms with van der Waals surface area (Å²) < 4.78 is 29.8. The number of carbonyl (C=O) groups excluding carboxylic acids is 1. The van der Waals surface area contributed by atoms with E-state index in [-0.39, 0.29) is 50.9 Å². The lowest BCUT2D eigenvalue weighted by molar-refractivity contribution is -0.0500. The van der Waals surface area contributed by atoms with Crippen molar-refractivity contribution >= 4 is 48.5 Å². The molecule has 284 valence electrons. The van der Waals surface area contributed by atoms with Gasteiger partial charge in [-0.05, 0) is 52.4 Å². The third-order valence-electron chi connectivity index (χ3n) is 10.6. The third-order valence-corrected chi connectivity index (χ3v) is 24.8. The van der Waals surface area contributed by atoms with Gasteiger partial charge in [-0.2, -0.15) is 4.98 Å². The molecule has 0 radical (unpaired) electrons. The molecular weight excluding hydrogens is 703 g/mol. The third kappa shape index (κ3) is 8.18. The van der Waals surface area contributed by atoms with E-state index in [2.05, 4.69) is 81.8 Å². The summed E-state index contributed by atoms with van der Waals surface area (Å²) in [5, 5.41) is 13.3. The molecule has 4 N–H and O–H groups in total. The molecule has 3 aromatic rings. The summed E-state index contributed by atoms with van der Waals surface area (Å²) in [6.45, 7) is 26.6. The summed E-state index contributed by atoms with van der Waals surface area (Å²) in [4.78, 5) is 50.0. The first-order chi connectivity index (χ1) is 23.6. The van der Waals surface area contributed by atoms with Gasteiger partial charge in [-0.15, -0.1) is 0 Å². The Bertz CT molecular complexity index is 1690. The molecule has 2 aromatic heterocycles. The molecule has 3 heterocycles. The number of ether oxygens (including phenoxy) is 1. The number of anilines is 1. The molecule has 0 saturated carbocycles. The maximum atomic E-state index is 13.3. The van der Waals surface area contributed by atoms with E-state index in [1.54, 1.807) is 34.9 Å². The number of hydrogen-bond donors (Lipinski definition) is 4. The smallest absolute Gasteiger partial charge is 0.335 e. The number of aromatic amines is 1. The summed E-state index contributed by atoms with van der Waals surface area (Å²) in [6.07, 6.45) is -1.89. The molecule has 51 heavy (non-hydrogen) atoms. The number of nitrogens with zero attached hydrogens (tertiary/aromatic N) is 3. The standard InChI is InChI=1S/C35H59N5O8Si3/c1-21(2)50(44,22(3)4)48-51(23(5)6,24(7)8)47-28-26(19-41)45-33(29(28)46-49(12,13)35(9,10)11)40-20-36-27-30(40)37-34(39-32(27)43)38-31(42)25-17-15-14-16-18-25/h14-18,20-24,26,28-29,33,41,44H,19H2,1-13H3,(H2,37,38,39,42,43)/t26-,28-,29-,33-/m1/s1. The number of aliphatic hydroxyl groups excluding tert-OH is 1. The molecule has 0 aliphatic carbocycles. The van der Waals surface area contributed by atoms with E-state index in [1.165, 1.54) is 6.33 Å². The lowest BCUT2D eigenvalue weighted by Gasteiger charge is -2.48. The Morgan fingerprint density at radius 2 is 1.57 bits per heavy atom. The topological polar surface area (TPSA) is 170 Å². The number of aromatic nitrogens is 4. The number of nitrogens with one attached hydrogen (secondary N) is 2. The monoisotopic (exact) mass is 761 g/mol. The Balaban J connectivity index is 1.87. The van der Waals surface area contributed by atoms with Crippen LogP contribution in [0.2, 0.25) is 40.3 Å². The van der Waals surface area contributed by atoms with E-state index in [0.717, 1.165) is 0 Å². The highest BCUT2D eigenvalue weighted by Crippen LogP contribution is 2.48. The number of rotatable bonds is 14. The number of H-pyrrole nitrogens is 1. The number of hydrogen-bond acceptors (Lipinski definition) is 10. The summed E-state index contributed by atoms with van der Waals surface area (Å²) in [7, 11) is -9.20. The number of carbonyl (C=O) groups is 1. The van der Waals surface area contributed by atoms with Crippen molar-refractivity contribution in [2.24, 2.45) is 0 Å². The minimum absolute atomic E-state index is 0.0497. The van der Waals surface area contributed by atoms with Gasteiger partial charge in [0.15, 0.2) is 25.7 Å². The van der Waals surface area contributed by atoms with Crippen LogP contribution in [0.15, 0.2) is 41.5 Å². The molecule has 1 amide bonds. The van der Waals surface area contributed by atoms with Crippen LogP contribution in [0, 0.1) is 0 Å². The van der Waals surface area contributed by atoms with Crippen molar-refractivity contribution in [1.29, 1.82) is 0 Å². The fraction of sp³-hybridized carbons (Fsp3) is 0.657. The average Bonchev–Trinajstić information content (AvgIpc) is 3.60. The second-order valence-electron chi connectivity index (χ2n) is 16.4. The number of imidazole rings is 1. The van der Waals surface area contributed by atoms with E-state index in [0.29, 0.717) is 5.56 Å². The number of aliphatic hydroxyl groups is 1. The van der Waals surface area contributed by atoms with Crippen molar-refractivity contribution in [3.8, 4) is 0 Å². The van der Waals surface area contributed by atoms with Gasteiger partial charge in [0.25, 0.3) is 11.5 Å². The lowest BCUT2D eigenvalue weighted by Crippen LogP contribution is -2.63. The predicted octanol–water partition coefficient (Wildman–Crippen LogP) is 6.57. The maximum Gasteiger partial charge on any atom is 0.335 e. The Kier molecular flexibility index (Phi) is 12.5. The molecule has 1 saturated heterocycles. The highest BCUT2D eigenvalue weighted by Gasteiger charge is 2.60. The Hall–Kier alpha value is -2.55. The van der Waals surface area contributed by atoms with Crippen molar-refractivity contribution in [3.05, 3.63) is 52.6 Å². The highest BCUT2D eigenvalue weighted by atomic mass is 28.5. The Morgan fingerprint density at radius 1 is 0.980 bits per heavy atom. The molecule has 1 aliphatic heterocycles. The van der Waals surface area contributed by atoms with E-state index in [9.17, 15) is 19.5 Å². The molecule has 1 aromatic carbocycles. The van der Waals surface area contributed by atoms with Gasteiger partial charge in [0.2, 0.25) is 5.95 Å². The largest absolute Gasteiger partial charge is 0.414 e. The van der Waals surface area contributed by atoms with Gasteiger partial charge in [-0.1, -0.05) is 94.4 Å². The molecule has 4 rings (SSSR count). The van der Waals surface area contributed by atoms with Crippen LogP contribution in [-0.2, 0) is 17.7 Å². The van der Waals surface area contributed by atoms with Crippen molar-refractivity contribution in [2.75, 3.05) is 11.9 Å². The van der Waals surface area contributed by atoms with E-state index < -0.39 is 61.4 Å². The second kappa shape index (κ2) is 15.4. The van der Waals surface area contributed by atoms with Crippen LogP contribution in [0.25, 0.3) is 11.2 Å². The van der Waals surface area contributed by atoms with Gasteiger partial charge >= 0.3 is 17.1 Å². The predicted molar refractivity (Wildman–Crippen MR) is 206 cm³/mol. The minimum atomic E-state index is -3.32. The quantitative estimate of drug-likeness (QED) is 0.132. The molecule has 13 nitrogen and oxygen atoms in total. The Morgan fingerprint density at radius 3 is 2.08 bits per heavy atom. The number of benzene rings is 1. The summed E-state index contributed by atoms with van der Waals surface area (Å²) >= 11 is 0. The fourth-order valence-corrected chi connectivity index (χ4v) is 17.6. The van der Waals surface area contributed by atoms with Crippen LogP contribution in [0.5, 0.6) is 0 Å². The van der Waals surface area contributed by atoms with Gasteiger partial charge in [0.1, 0.15) is 18.3 Å². The van der Waals surface area contributed by atoms with Crippen molar-refractivity contribution in [1.82, 2.24) is 19.5 Å². The van der Waals surface area contributed by atoms with Gasteiger partial charge in [-0.3, -0.25) is 24.5 Å². The fourth-order valence-electron chi connectivity index (χ4n) is 6.37. The molecule has 0 spiro atoms. The molecule has 0 bridgehead atoms. The first-order valence-electron chi connectivity index (χ1n) is 18.0. The molecule has 4 atom stereocenters. The van der Waals surface area contributed by atoms with E-state index in [4.69, 9.17) is 17.7 Å². The summed E-state index contributed by atoms with van der Waals surface area (Å²) in [5.74, 6) is -0.496. The highest BCUT2D eigenvalue weighted by molar-refractivity contribution is 6.83. The maximum absolute atomic E-state index is 13.3. The van der Waals surface area contributed by atoms with E-state index >= 15 is 0 Å². The molecule has 0 unspecified atom stereocenters. The van der Waals surface area contributed by atoms with Crippen LogP contribution in [0.3, 0.4) is 0 Å². The summed E-state index contributed by atoms with van der Waals surface area (Å²) in [5.41, 5.74) is -0.267. The van der Waals surface area contributed by atoms with Crippen LogP contribution < -0.4 is 10.9 Å². The SMILES string of the molecule is CC(C)[Si](O)(O[Si](O[C@H]1[C@@H](O[Si](C)(C)C(C)(C)C)[C@H](n2cnc3c(=O)[nH]c(NC(=O)c4ccccc4)nc32)O[C@@H]1CO)(C(C)C)C(C)C)C(C)C. The second-order valence-corrected chi connectivity index (χ2v) is 29.8. The normalized spacial score (nSPS) is 20.8. The molecule has 1 fully saturated rings. The lowest BCUT2D eigenvalue weighted by atomic mass is 10.1. The number of fused-ring (bicyclic) bond motifs is 1. The first-order valence-corrected chi connectivity index (χ1v) is 24.9. The molecule has 16 heteroatoms. The van der Waals surface area contributed by atoms with Crippen LogP contribution in [0.1, 0.15) is 92.7 Å². The summed E-state index contributed by atoms with van der Waals surface area (Å²) in [6, 6.07) is 8.62. The first kappa shape index (κ1) is 41.2. The van der Waals surface area contributed by atoms with Crippen molar-refractivity contribution in [3.63, 3.8) is 0 Å². The Labute approximate surface area is 305 Å². The zero-order valence-electron chi connectivity index (χ0n) is 32.5. The van der Waals surface area contributed by atoms with Crippen LogP contribution in [0.4, 0.5) is 5.95 Å². The van der Waals surface area contributed by atoms with Crippen molar-refractivity contribution < 1.29 is 32.4 Å². The van der Waals surface area contributed by atoms with Gasteiger partial charge < -0.3 is 27.6 Å². The van der Waals surface area contributed by atoms with Crippen LogP contribution in [-0.4, -0.2) is 85.7 Å². The zero-order valence-corrected chi connectivity index (χ0v) is 35.5. The number of amides is 1. The van der Waals surface area contributed by atoms with Gasteiger partial charge in [0.05, 0.1) is 12.9 Å². The van der Waals surface area contributed by atoms with Crippen molar-refractivity contribution in [2.45, 2.75) is 141 Å². The molecular formula is C35H59N5O8Si3. The van der Waals surface area contributed by atoms with Gasteiger partial charge in [0, 0.05) is 5.56 Å². The van der Waals surface area contributed by atoms with Crippen LogP contribution >= 0.6 is 0 Å². The minimum Gasteiger partial charge on any atom is -0.414 e. The average molecular weight is 762 g/mol. The molecule has 1 aliphatic rings.